The maximum atomic E-state index is 12.9. The monoisotopic (exact) mass is 580 g/mol. The predicted octanol–water partition coefficient (Wildman–Crippen LogP) is 4.60. The van der Waals surface area contributed by atoms with Gasteiger partial charge in [0, 0.05) is 34.6 Å². The standard InChI is InChI=1S/C15H11F6IN6S2/c16-14(17,18)5-7-9(22)8-10(23-6-24-11(8)29-7)27-1-3-28(4-2-27)13-26-25-12(30-13)15(19,20)21/h6H,1-5H2. The first-order chi connectivity index (χ1) is 14.0. The zero-order chi connectivity index (χ0) is 21.7. The van der Waals surface area contributed by atoms with Gasteiger partial charge < -0.3 is 9.80 Å². The van der Waals surface area contributed by atoms with Gasteiger partial charge in [-0.2, -0.15) is 26.3 Å². The second-order valence-electron chi connectivity index (χ2n) is 6.37. The van der Waals surface area contributed by atoms with Crippen molar-refractivity contribution >= 4 is 66.4 Å². The summed E-state index contributed by atoms with van der Waals surface area (Å²) in [5, 5.41) is 6.59. The van der Waals surface area contributed by atoms with Crippen LogP contribution in [0.15, 0.2) is 6.33 Å². The van der Waals surface area contributed by atoms with Crippen LogP contribution >= 0.6 is 45.3 Å². The Labute approximate surface area is 187 Å². The molecule has 1 saturated heterocycles. The third kappa shape index (κ3) is 4.42. The summed E-state index contributed by atoms with van der Waals surface area (Å²) in [5.41, 5.74) is 0. The second kappa shape index (κ2) is 7.89. The number of fused-ring (bicyclic) bond motifs is 1. The lowest BCUT2D eigenvalue weighted by atomic mass is 10.2. The van der Waals surface area contributed by atoms with Crippen molar-refractivity contribution in [3.05, 3.63) is 19.8 Å². The van der Waals surface area contributed by atoms with Crippen molar-refractivity contribution in [1.29, 1.82) is 0 Å². The van der Waals surface area contributed by atoms with Gasteiger partial charge in [0.1, 0.15) is 17.0 Å². The lowest BCUT2D eigenvalue weighted by Crippen LogP contribution is -2.47. The van der Waals surface area contributed by atoms with Crippen LogP contribution in [0.25, 0.3) is 10.2 Å². The van der Waals surface area contributed by atoms with E-state index in [9.17, 15) is 26.3 Å². The number of piperazine rings is 1. The van der Waals surface area contributed by atoms with Crippen molar-refractivity contribution in [3.63, 3.8) is 0 Å². The molecule has 4 rings (SSSR count). The highest BCUT2D eigenvalue weighted by atomic mass is 127. The summed E-state index contributed by atoms with van der Waals surface area (Å²) in [6.07, 6.45) is -8.57. The Hall–Kier alpha value is -1.49. The van der Waals surface area contributed by atoms with Gasteiger partial charge in [-0.15, -0.1) is 21.5 Å². The number of alkyl halides is 6. The molecule has 3 aromatic heterocycles. The number of rotatable bonds is 3. The number of thiophene rings is 1. The van der Waals surface area contributed by atoms with Crippen LogP contribution in [0.1, 0.15) is 9.88 Å². The topological polar surface area (TPSA) is 58.0 Å². The highest BCUT2D eigenvalue weighted by molar-refractivity contribution is 14.1. The molecule has 6 nitrogen and oxygen atoms in total. The number of nitrogens with zero attached hydrogens (tertiary/aromatic N) is 6. The molecular weight excluding hydrogens is 569 g/mol. The highest BCUT2D eigenvalue weighted by Gasteiger charge is 2.37. The van der Waals surface area contributed by atoms with Crippen molar-refractivity contribution in [1.82, 2.24) is 20.2 Å². The Bertz CT molecular complexity index is 1060. The van der Waals surface area contributed by atoms with Crippen LogP contribution in [-0.2, 0) is 12.6 Å². The van der Waals surface area contributed by atoms with Crippen LogP contribution in [-0.4, -0.2) is 52.5 Å². The van der Waals surface area contributed by atoms with E-state index in [4.69, 9.17) is 0 Å². The summed E-state index contributed by atoms with van der Waals surface area (Å²) in [4.78, 5) is 12.7. The lowest BCUT2D eigenvalue weighted by Gasteiger charge is -2.35. The Balaban J connectivity index is 1.54. The van der Waals surface area contributed by atoms with Gasteiger partial charge in [-0.3, -0.25) is 0 Å². The first kappa shape index (κ1) is 21.7. The molecule has 0 aliphatic carbocycles. The zero-order valence-corrected chi connectivity index (χ0v) is 18.5. The minimum atomic E-state index is -4.53. The van der Waals surface area contributed by atoms with Crippen LogP contribution in [0.5, 0.6) is 0 Å². The fourth-order valence-electron chi connectivity index (χ4n) is 3.03. The van der Waals surface area contributed by atoms with E-state index in [1.807, 2.05) is 27.5 Å². The molecule has 15 heteroatoms. The van der Waals surface area contributed by atoms with Crippen molar-refractivity contribution in [2.24, 2.45) is 0 Å². The summed E-state index contributed by atoms with van der Waals surface area (Å²) in [6.45, 7) is 1.61. The van der Waals surface area contributed by atoms with Gasteiger partial charge in [-0.1, -0.05) is 11.3 Å². The summed E-state index contributed by atoms with van der Waals surface area (Å²) in [6, 6.07) is 0. The quantitative estimate of drug-likeness (QED) is 0.334. The molecule has 0 saturated carbocycles. The summed E-state index contributed by atoms with van der Waals surface area (Å²) in [7, 11) is 0. The molecule has 0 bridgehead atoms. The second-order valence-corrected chi connectivity index (χ2v) is 9.49. The number of anilines is 2. The lowest BCUT2D eigenvalue weighted by molar-refractivity contribution is -0.138. The fraction of sp³-hybridized carbons (Fsp3) is 0.467. The summed E-state index contributed by atoms with van der Waals surface area (Å²) < 4.78 is 77.3. The number of hydrogen-bond acceptors (Lipinski definition) is 8. The Kier molecular flexibility index (Phi) is 5.71. The molecular formula is C15H11F6IN6S2. The largest absolute Gasteiger partial charge is 0.445 e. The van der Waals surface area contributed by atoms with Crippen LogP contribution in [0.4, 0.5) is 37.3 Å². The molecule has 3 aromatic rings. The minimum Gasteiger partial charge on any atom is -0.352 e. The number of aromatic nitrogens is 4. The van der Waals surface area contributed by atoms with Gasteiger partial charge in [-0.25, -0.2) is 9.97 Å². The third-order valence-corrected chi connectivity index (χ3v) is 8.03. The molecule has 0 spiro atoms. The SMILES string of the molecule is FC(F)(F)Cc1sc2ncnc(N3CCN(c4nnc(C(F)(F)F)s4)CC3)c2c1I. The van der Waals surface area contributed by atoms with Crippen molar-refractivity contribution in [2.45, 2.75) is 18.8 Å². The van der Waals surface area contributed by atoms with Crippen LogP contribution in [0.2, 0.25) is 0 Å². The summed E-state index contributed by atoms with van der Waals surface area (Å²) in [5.74, 6) is 0.530. The van der Waals surface area contributed by atoms with E-state index >= 15 is 0 Å². The molecule has 0 aromatic carbocycles. The van der Waals surface area contributed by atoms with Gasteiger partial charge in [-0.05, 0) is 22.6 Å². The third-order valence-electron chi connectivity index (χ3n) is 4.34. The van der Waals surface area contributed by atoms with Crippen LogP contribution in [0, 0.1) is 3.57 Å². The molecule has 1 fully saturated rings. The molecule has 0 N–H and O–H groups in total. The van der Waals surface area contributed by atoms with Crippen LogP contribution < -0.4 is 9.80 Å². The van der Waals surface area contributed by atoms with Crippen molar-refractivity contribution in [3.8, 4) is 0 Å². The van der Waals surface area contributed by atoms with Gasteiger partial charge in [0.15, 0.2) is 0 Å². The maximum Gasteiger partial charge on any atom is 0.445 e. The maximum absolute atomic E-state index is 12.9. The molecule has 0 amide bonds. The van der Waals surface area contributed by atoms with E-state index in [1.165, 1.54) is 6.33 Å². The average molecular weight is 580 g/mol. The fourth-order valence-corrected chi connectivity index (χ4v) is 6.05. The Morgan fingerprint density at radius 2 is 1.60 bits per heavy atom. The van der Waals surface area contributed by atoms with Crippen LogP contribution in [0.3, 0.4) is 0 Å². The molecule has 30 heavy (non-hydrogen) atoms. The smallest absolute Gasteiger partial charge is 0.352 e. The van der Waals surface area contributed by atoms with E-state index in [0.29, 0.717) is 57.1 Å². The van der Waals surface area contributed by atoms with E-state index < -0.39 is 23.8 Å². The molecule has 162 valence electrons. The average Bonchev–Trinajstić information content (AvgIpc) is 3.27. The Morgan fingerprint density at radius 1 is 0.933 bits per heavy atom. The van der Waals surface area contributed by atoms with E-state index in [-0.39, 0.29) is 10.0 Å². The van der Waals surface area contributed by atoms with Crippen molar-refractivity contribution in [2.75, 3.05) is 36.0 Å². The highest BCUT2D eigenvalue weighted by Crippen LogP contribution is 2.39. The predicted molar refractivity (Wildman–Crippen MR) is 109 cm³/mol. The van der Waals surface area contributed by atoms with Gasteiger partial charge >= 0.3 is 12.4 Å². The van der Waals surface area contributed by atoms with Gasteiger partial charge in [0.25, 0.3) is 0 Å². The Morgan fingerprint density at radius 3 is 2.20 bits per heavy atom. The first-order valence-corrected chi connectivity index (χ1v) is 11.1. The van der Waals surface area contributed by atoms with Gasteiger partial charge in [0.2, 0.25) is 10.1 Å². The van der Waals surface area contributed by atoms with E-state index in [0.717, 1.165) is 11.3 Å². The van der Waals surface area contributed by atoms with E-state index in [2.05, 4.69) is 20.2 Å². The van der Waals surface area contributed by atoms with Crippen molar-refractivity contribution < 1.29 is 26.3 Å². The molecule has 0 unspecified atom stereocenters. The molecule has 0 atom stereocenters. The molecule has 4 heterocycles. The molecule has 1 aliphatic rings. The number of hydrogen-bond donors (Lipinski definition) is 0. The zero-order valence-electron chi connectivity index (χ0n) is 14.8. The minimum absolute atomic E-state index is 0.187. The molecule has 0 radical (unpaired) electrons. The normalized spacial score (nSPS) is 16.0. The summed E-state index contributed by atoms with van der Waals surface area (Å²) >= 11 is 3.37. The number of halogens is 7. The molecule has 1 aliphatic heterocycles. The first-order valence-electron chi connectivity index (χ1n) is 8.42. The van der Waals surface area contributed by atoms with Gasteiger partial charge in [0.05, 0.1) is 11.8 Å². The van der Waals surface area contributed by atoms with E-state index in [1.54, 1.807) is 4.90 Å².